The molecular formula is C21H28N2O8. The Morgan fingerprint density at radius 1 is 1.13 bits per heavy atom. The first-order valence-corrected chi connectivity index (χ1v) is 9.85. The van der Waals surface area contributed by atoms with Crippen molar-refractivity contribution < 1.29 is 38.1 Å². The highest BCUT2D eigenvalue weighted by Gasteiger charge is 2.61. The average molecular weight is 436 g/mol. The number of methoxy groups -OCH3 is 1. The molecule has 1 aromatic carbocycles. The Morgan fingerprint density at radius 2 is 1.77 bits per heavy atom. The number of hydrogen-bond donors (Lipinski definition) is 1. The van der Waals surface area contributed by atoms with Gasteiger partial charge in [-0.3, -0.25) is 4.79 Å². The smallest absolute Gasteiger partial charge is 0.430 e. The monoisotopic (exact) mass is 436 g/mol. The van der Waals surface area contributed by atoms with E-state index in [2.05, 4.69) is 5.43 Å². The minimum Gasteiger partial charge on any atom is -0.497 e. The number of benzene rings is 1. The summed E-state index contributed by atoms with van der Waals surface area (Å²) in [5.41, 5.74) is -0.347. The van der Waals surface area contributed by atoms with Crippen LogP contribution >= 0.6 is 0 Å². The minimum absolute atomic E-state index is 0.00725. The zero-order valence-electron chi connectivity index (χ0n) is 18.6. The molecule has 1 aliphatic rings. The molecule has 0 bridgehead atoms. The summed E-state index contributed by atoms with van der Waals surface area (Å²) in [7, 11) is 1.44. The number of fused-ring (bicyclic) bond motifs is 1. The Morgan fingerprint density at radius 3 is 2.32 bits per heavy atom. The molecule has 0 fully saturated rings. The standard InChI is InChI=1S/C21H28N2O8/c1-7-29-18(26)22-23(19(27)30-8-2)21(17(25)31-20(3,4)5)12-13-9-10-14(28-6)11-15(13)16(21)24/h9-11H,7-8,12H2,1-6H3,(H,22,26)/t21-/m0/s1. The van der Waals surface area contributed by atoms with Gasteiger partial charge < -0.3 is 18.9 Å². The molecule has 0 unspecified atom stereocenters. The van der Waals surface area contributed by atoms with Gasteiger partial charge in [0.2, 0.25) is 11.3 Å². The van der Waals surface area contributed by atoms with Crippen molar-refractivity contribution in [1.29, 1.82) is 0 Å². The minimum atomic E-state index is -2.22. The third kappa shape index (κ3) is 4.89. The van der Waals surface area contributed by atoms with Gasteiger partial charge in [-0.05, 0) is 52.3 Å². The van der Waals surface area contributed by atoms with Gasteiger partial charge >= 0.3 is 18.2 Å². The second kappa shape index (κ2) is 9.23. The lowest BCUT2D eigenvalue weighted by Gasteiger charge is -2.37. The lowest BCUT2D eigenvalue weighted by molar-refractivity contribution is -0.166. The Kier molecular flexibility index (Phi) is 7.14. The number of nitrogens with one attached hydrogen (secondary N) is 1. The van der Waals surface area contributed by atoms with Gasteiger partial charge in [0.25, 0.3) is 0 Å². The van der Waals surface area contributed by atoms with Crippen LogP contribution in [0.15, 0.2) is 18.2 Å². The van der Waals surface area contributed by atoms with E-state index < -0.39 is 35.1 Å². The van der Waals surface area contributed by atoms with Crippen molar-refractivity contribution >= 4 is 23.9 Å². The second-order valence-electron chi connectivity index (χ2n) is 7.76. The zero-order chi connectivity index (χ0) is 23.4. The molecule has 0 saturated heterocycles. The van der Waals surface area contributed by atoms with E-state index >= 15 is 0 Å². The highest BCUT2D eigenvalue weighted by atomic mass is 16.6. The van der Waals surface area contributed by atoms with E-state index in [0.717, 1.165) is 0 Å². The summed E-state index contributed by atoms with van der Waals surface area (Å²) < 4.78 is 20.6. The van der Waals surface area contributed by atoms with Crippen molar-refractivity contribution in [2.75, 3.05) is 20.3 Å². The number of carbonyl (C=O) groups excluding carboxylic acids is 4. The summed E-state index contributed by atoms with van der Waals surface area (Å²) in [6.07, 6.45) is -2.36. The highest BCUT2D eigenvalue weighted by molar-refractivity contribution is 6.21. The molecule has 1 N–H and O–H groups in total. The summed E-state index contributed by atoms with van der Waals surface area (Å²) in [6, 6.07) is 4.72. The van der Waals surface area contributed by atoms with Gasteiger partial charge in [0.05, 0.1) is 20.3 Å². The van der Waals surface area contributed by atoms with Crippen molar-refractivity contribution in [3.05, 3.63) is 29.3 Å². The molecule has 2 rings (SSSR count). The topological polar surface area (TPSA) is 120 Å². The van der Waals surface area contributed by atoms with Gasteiger partial charge in [-0.25, -0.2) is 19.8 Å². The first-order chi connectivity index (χ1) is 14.5. The van der Waals surface area contributed by atoms with E-state index in [-0.39, 0.29) is 25.2 Å². The fourth-order valence-corrected chi connectivity index (χ4v) is 3.17. The lowest BCUT2D eigenvalue weighted by atomic mass is 9.93. The normalized spacial score (nSPS) is 17.4. The number of rotatable bonds is 5. The van der Waals surface area contributed by atoms with Crippen LogP contribution in [0.1, 0.15) is 50.5 Å². The summed E-state index contributed by atoms with van der Waals surface area (Å²) in [5.74, 6) is -1.35. The molecule has 0 aromatic heterocycles. The molecule has 0 radical (unpaired) electrons. The van der Waals surface area contributed by atoms with Gasteiger partial charge in [0, 0.05) is 12.0 Å². The number of hydrazine groups is 1. The van der Waals surface area contributed by atoms with Crippen molar-refractivity contribution in [3.63, 3.8) is 0 Å². The van der Waals surface area contributed by atoms with Crippen molar-refractivity contribution in [2.24, 2.45) is 0 Å². The van der Waals surface area contributed by atoms with E-state index in [4.69, 9.17) is 18.9 Å². The largest absolute Gasteiger partial charge is 0.497 e. The van der Waals surface area contributed by atoms with Crippen LogP contribution < -0.4 is 10.2 Å². The molecule has 1 atom stereocenters. The van der Waals surface area contributed by atoms with Gasteiger partial charge in [-0.2, -0.15) is 5.01 Å². The molecule has 0 aliphatic heterocycles. The number of amides is 2. The average Bonchev–Trinajstić information content (AvgIpc) is 2.98. The van der Waals surface area contributed by atoms with Gasteiger partial charge in [-0.1, -0.05) is 6.07 Å². The number of Topliss-reactive ketones (excluding diaryl/α,β-unsaturated/α-hetero) is 1. The summed E-state index contributed by atoms with van der Waals surface area (Å²) >= 11 is 0. The summed E-state index contributed by atoms with van der Waals surface area (Å²) in [5, 5.41) is 0.567. The second-order valence-corrected chi connectivity index (χ2v) is 7.76. The summed E-state index contributed by atoms with van der Waals surface area (Å²) in [6.45, 7) is 7.95. The maximum absolute atomic E-state index is 13.6. The first kappa shape index (κ1) is 24.0. The third-order valence-electron chi connectivity index (χ3n) is 4.43. The highest BCUT2D eigenvalue weighted by Crippen LogP contribution is 2.38. The Labute approximate surface area is 180 Å². The molecule has 1 aromatic rings. The molecule has 2 amide bonds. The van der Waals surface area contributed by atoms with E-state index in [1.807, 2.05) is 0 Å². The van der Waals surface area contributed by atoms with E-state index in [0.29, 0.717) is 16.3 Å². The number of ether oxygens (including phenoxy) is 4. The molecule has 0 spiro atoms. The van der Waals surface area contributed by atoms with Crippen molar-refractivity contribution in [3.8, 4) is 5.75 Å². The first-order valence-electron chi connectivity index (χ1n) is 9.85. The molecular weight excluding hydrogens is 408 g/mol. The van der Waals surface area contributed by atoms with Gasteiger partial charge in [0.1, 0.15) is 11.4 Å². The number of ketones is 1. The number of carbonyl (C=O) groups is 4. The molecule has 0 heterocycles. The van der Waals surface area contributed by atoms with E-state index in [1.54, 1.807) is 46.8 Å². The number of esters is 1. The SMILES string of the molecule is CCOC(=O)NN(C(=O)OCC)[C@@]1(C(=O)OC(C)(C)C)Cc2ccc(OC)cc2C1=O. The van der Waals surface area contributed by atoms with Crippen LogP contribution in [0.25, 0.3) is 0 Å². The van der Waals surface area contributed by atoms with Crippen LogP contribution in [0.2, 0.25) is 0 Å². The number of nitrogens with zero attached hydrogens (tertiary/aromatic N) is 1. The maximum atomic E-state index is 13.6. The van der Waals surface area contributed by atoms with E-state index in [1.165, 1.54) is 13.2 Å². The predicted octanol–water partition coefficient (Wildman–Crippen LogP) is 2.63. The van der Waals surface area contributed by atoms with Crippen LogP contribution in [0, 0.1) is 0 Å². The van der Waals surface area contributed by atoms with Crippen molar-refractivity contribution in [1.82, 2.24) is 10.4 Å². The fraction of sp³-hybridized carbons (Fsp3) is 0.524. The molecule has 170 valence electrons. The lowest BCUT2D eigenvalue weighted by Crippen LogP contribution is -2.68. The molecule has 31 heavy (non-hydrogen) atoms. The van der Waals surface area contributed by atoms with Crippen LogP contribution in [0.4, 0.5) is 9.59 Å². The van der Waals surface area contributed by atoms with Crippen molar-refractivity contribution in [2.45, 2.75) is 52.2 Å². The maximum Gasteiger partial charge on any atom is 0.430 e. The fourth-order valence-electron chi connectivity index (χ4n) is 3.17. The molecule has 10 heteroatoms. The van der Waals surface area contributed by atoms with Crippen LogP contribution in [0.3, 0.4) is 0 Å². The van der Waals surface area contributed by atoms with Crippen LogP contribution in [-0.2, 0) is 25.4 Å². The van der Waals surface area contributed by atoms with Gasteiger partial charge in [0.15, 0.2) is 0 Å². The predicted molar refractivity (Wildman–Crippen MR) is 109 cm³/mol. The molecule has 1 aliphatic carbocycles. The quantitative estimate of drug-likeness (QED) is 0.324. The van der Waals surface area contributed by atoms with Crippen LogP contribution in [0.5, 0.6) is 5.75 Å². The van der Waals surface area contributed by atoms with E-state index in [9.17, 15) is 19.2 Å². The molecule has 0 saturated carbocycles. The Balaban J connectivity index is 2.65. The number of hydrogen-bond acceptors (Lipinski definition) is 8. The third-order valence-corrected chi connectivity index (χ3v) is 4.43. The summed E-state index contributed by atoms with van der Waals surface area (Å²) in [4.78, 5) is 52.0. The molecule has 10 nitrogen and oxygen atoms in total. The van der Waals surface area contributed by atoms with Gasteiger partial charge in [-0.15, -0.1) is 0 Å². The zero-order valence-corrected chi connectivity index (χ0v) is 18.6. The Bertz CT molecular complexity index is 877. The Hall–Kier alpha value is -3.30. The van der Waals surface area contributed by atoms with Crippen LogP contribution in [-0.4, -0.2) is 60.4 Å².